The largest absolute Gasteiger partial charge is 0.459 e. The van der Waals surface area contributed by atoms with Crippen LogP contribution in [0.3, 0.4) is 0 Å². The molecule has 0 aliphatic heterocycles. The Morgan fingerprint density at radius 3 is 2.42 bits per heavy atom. The highest BCUT2D eigenvalue weighted by Gasteiger charge is 2.42. The Balaban J connectivity index is 1.95. The Morgan fingerprint density at radius 2 is 1.82 bits per heavy atom. The fraction of sp³-hybridized carbons (Fsp3) is 0.625. The second-order valence-electron chi connectivity index (χ2n) is 12.6. The van der Waals surface area contributed by atoms with E-state index in [0.29, 0.717) is 36.8 Å². The van der Waals surface area contributed by atoms with Gasteiger partial charge in [-0.15, -0.1) is 0 Å². The summed E-state index contributed by atoms with van der Waals surface area (Å²) >= 11 is 0. The number of esters is 3. The molecule has 3 rings (SSSR count). The minimum absolute atomic E-state index is 0.124. The lowest BCUT2D eigenvalue weighted by Crippen LogP contribution is -2.43. The van der Waals surface area contributed by atoms with E-state index in [4.69, 9.17) is 14.2 Å². The van der Waals surface area contributed by atoms with Crippen LogP contribution in [0.2, 0.25) is 0 Å². The number of rotatable bonds is 6. The molecular formula is C32H46N2O6. The van der Waals surface area contributed by atoms with E-state index in [0.717, 1.165) is 6.42 Å². The highest BCUT2D eigenvalue weighted by Crippen LogP contribution is 2.45. The lowest BCUT2D eigenvalue weighted by Gasteiger charge is -2.43. The van der Waals surface area contributed by atoms with E-state index in [1.54, 1.807) is 18.5 Å². The summed E-state index contributed by atoms with van der Waals surface area (Å²) < 4.78 is 19.6. The number of carbonyl (C=O) groups excluding carboxylic acids is 3. The van der Waals surface area contributed by atoms with Crippen molar-refractivity contribution in [3.8, 4) is 0 Å². The summed E-state index contributed by atoms with van der Waals surface area (Å²) in [6.07, 6.45) is 13.3. The normalized spacial score (nSPS) is 27.6. The minimum atomic E-state index is -0.734. The molecule has 0 saturated heterocycles. The van der Waals surface area contributed by atoms with E-state index >= 15 is 0 Å². The van der Waals surface area contributed by atoms with Gasteiger partial charge in [0.1, 0.15) is 12.2 Å². The average molecular weight is 555 g/mol. The van der Waals surface area contributed by atoms with Crippen molar-refractivity contribution in [3.05, 3.63) is 48.1 Å². The summed E-state index contributed by atoms with van der Waals surface area (Å²) in [5.74, 6) is -0.189. The van der Waals surface area contributed by atoms with Gasteiger partial charge in [-0.3, -0.25) is 9.59 Å². The molecule has 0 spiro atoms. The van der Waals surface area contributed by atoms with Crippen LogP contribution in [0, 0.1) is 29.1 Å². The van der Waals surface area contributed by atoms with Crippen molar-refractivity contribution in [2.75, 3.05) is 0 Å². The third-order valence-corrected chi connectivity index (χ3v) is 7.90. The summed E-state index contributed by atoms with van der Waals surface area (Å²) in [6.45, 7) is 13.4. The number of imidazole rings is 1. The van der Waals surface area contributed by atoms with Crippen LogP contribution in [0.5, 0.6) is 0 Å². The molecule has 1 aromatic rings. The predicted octanol–water partition coefficient (Wildman–Crippen LogP) is 5.83. The van der Waals surface area contributed by atoms with Crippen LogP contribution < -0.4 is 0 Å². The Bertz CT molecular complexity index is 1140. The number of aromatic nitrogens is 2. The Labute approximate surface area is 238 Å². The molecule has 0 unspecified atom stereocenters. The van der Waals surface area contributed by atoms with Crippen LogP contribution in [0.4, 0.5) is 0 Å². The number of allylic oxidation sites excluding steroid dienone is 2. The van der Waals surface area contributed by atoms with Gasteiger partial charge in [-0.1, -0.05) is 31.6 Å². The van der Waals surface area contributed by atoms with E-state index in [9.17, 15) is 14.4 Å². The van der Waals surface area contributed by atoms with Crippen LogP contribution >= 0.6 is 0 Å². The molecule has 2 aliphatic carbocycles. The smallest absolute Gasteiger partial charge is 0.331 e. The molecule has 6 atom stereocenters. The maximum absolute atomic E-state index is 13.0. The third-order valence-electron chi connectivity index (χ3n) is 7.90. The van der Waals surface area contributed by atoms with Gasteiger partial charge in [0.2, 0.25) is 0 Å². The molecular weight excluding hydrogens is 508 g/mol. The molecule has 0 saturated carbocycles. The molecule has 0 aromatic carbocycles. The van der Waals surface area contributed by atoms with Crippen LogP contribution in [0.15, 0.2) is 42.4 Å². The maximum atomic E-state index is 13.0. The minimum Gasteiger partial charge on any atom is -0.459 e. The summed E-state index contributed by atoms with van der Waals surface area (Å²) in [5, 5.41) is 0. The second-order valence-corrected chi connectivity index (χ2v) is 12.6. The zero-order chi connectivity index (χ0) is 29.6. The van der Waals surface area contributed by atoms with Gasteiger partial charge >= 0.3 is 17.9 Å². The van der Waals surface area contributed by atoms with E-state index in [1.165, 1.54) is 18.6 Å². The number of hydrogen-bond acceptors (Lipinski definition) is 7. The van der Waals surface area contributed by atoms with E-state index < -0.39 is 29.6 Å². The molecule has 1 aromatic heterocycles. The number of nitrogens with zero attached hydrogens (tertiary/aromatic N) is 2. The zero-order valence-electron chi connectivity index (χ0n) is 25.3. The fourth-order valence-corrected chi connectivity index (χ4v) is 5.73. The van der Waals surface area contributed by atoms with Crippen molar-refractivity contribution >= 4 is 24.0 Å². The SMILES string of the molecule is CC(=O)O[C@H]1C=CC[C@@H](OC(=O)C=Cc2cn(C)cn2)C[C@H]2C(C)=CC[C@H](C(C)C)[C@H]2C[C@@H]1OC(=O)C(C)(C)C. The molecule has 0 radical (unpaired) electrons. The molecule has 1 heterocycles. The molecule has 0 N–H and O–H groups in total. The maximum Gasteiger partial charge on any atom is 0.331 e. The van der Waals surface area contributed by atoms with Gasteiger partial charge in [-0.05, 0) is 82.8 Å². The molecule has 40 heavy (non-hydrogen) atoms. The van der Waals surface area contributed by atoms with Gasteiger partial charge in [-0.25, -0.2) is 9.78 Å². The topological polar surface area (TPSA) is 96.7 Å². The highest BCUT2D eigenvalue weighted by molar-refractivity contribution is 5.86. The van der Waals surface area contributed by atoms with Crippen molar-refractivity contribution in [3.63, 3.8) is 0 Å². The predicted molar refractivity (Wildman–Crippen MR) is 154 cm³/mol. The van der Waals surface area contributed by atoms with E-state index in [-0.39, 0.29) is 23.9 Å². The summed E-state index contributed by atoms with van der Waals surface area (Å²) in [4.78, 5) is 42.2. The summed E-state index contributed by atoms with van der Waals surface area (Å²) in [6, 6.07) is 0. The molecule has 0 fully saturated rings. The third kappa shape index (κ3) is 8.67. The average Bonchev–Trinajstić information content (AvgIpc) is 3.27. The molecule has 8 heteroatoms. The van der Waals surface area contributed by atoms with Gasteiger partial charge in [0.05, 0.1) is 17.4 Å². The van der Waals surface area contributed by atoms with Gasteiger partial charge in [0.15, 0.2) is 6.10 Å². The van der Waals surface area contributed by atoms with Gasteiger partial charge in [0, 0.05) is 32.7 Å². The first kappa shape index (κ1) is 31.4. The van der Waals surface area contributed by atoms with E-state index in [1.807, 2.05) is 44.7 Å². The molecule has 220 valence electrons. The van der Waals surface area contributed by atoms with Crippen molar-refractivity contribution in [1.29, 1.82) is 0 Å². The highest BCUT2D eigenvalue weighted by atomic mass is 16.6. The first-order valence-corrected chi connectivity index (χ1v) is 14.3. The van der Waals surface area contributed by atoms with Crippen LogP contribution in [0.25, 0.3) is 6.08 Å². The van der Waals surface area contributed by atoms with E-state index in [2.05, 4.69) is 31.8 Å². The van der Waals surface area contributed by atoms with Crippen LogP contribution in [-0.2, 0) is 35.6 Å². The Hall–Kier alpha value is -3.16. The van der Waals surface area contributed by atoms with Crippen molar-refractivity contribution in [2.45, 2.75) is 92.5 Å². The molecule has 0 bridgehead atoms. The van der Waals surface area contributed by atoms with Crippen LogP contribution in [-0.4, -0.2) is 45.8 Å². The van der Waals surface area contributed by atoms with Gasteiger partial charge in [0.25, 0.3) is 0 Å². The standard InChI is InChI=1S/C32H46N2O6/c1-20(2)25-14-12-21(3)26-16-24(39-30(36)15-13-23-18-34(8)19-33-23)10-9-11-28(38-22(4)35)29(17-27(25)26)40-31(37)32(5,6)7/h9,11-13,15,18-20,24-29H,10,14,16-17H2,1-8H3/t24-,25-,26+,27-,28+,29+/m1/s1. The second kappa shape index (κ2) is 13.5. The quantitative estimate of drug-likeness (QED) is 0.189. The van der Waals surface area contributed by atoms with Crippen LogP contribution in [0.1, 0.15) is 79.8 Å². The van der Waals surface area contributed by atoms with Crippen molar-refractivity contribution in [2.24, 2.45) is 36.1 Å². The molecule has 2 aliphatic rings. The molecule has 8 nitrogen and oxygen atoms in total. The summed E-state index contributed by atoms with van der Waals surface area (Å²) in [5.41, 5.74) is 1.24. The summed E-state index contributed by atoms with van der Waals surface area (Å²) in [7, 11) is 1.87. The molecule has 0 amide bonds. The lowest BCUT2D eigenvalue weighted by atomic mass is 9.64. The first-order valence-electron chi connectivity index (χ1n) is 14.3. The first-order chi connectivity index (χ1) is 18.7. The van der Waals surface area contributed by atoms with Gasteiger partial charge in [-0.2, -0.15) is 0 Å². The Kier molecular flexibility index (Phi) is 10.6. The Morgan fingerprint density at radius 1 is 1.10 bits per heavy atom. The zero-order valence-corrected chi connectivity index (χ0v) is 25.3. The van der Waals surface area contributed by atoms with Crippen molar-refractivity contribution < 1.29 is 28.6 Å². The monoisotopic (exact) mass is 554 g/mol. The van der Waals surface area contributed by atoms with Crippen molar-refractivity contribution in [1.82, 2.24) is 9.55 Å². The number of carbonyl (C=O) groups is 3. The van der Waals surface area contributed by atoms with Gasteiger partial charge < -0.3 is 18.8 Å². The number of fused-ring (bicyclic) bond motifs is 1. The number of hydrogen-bond donors (Lipinski definition) is 0. The number of ether oxygens (including phenoxy) is 3. The number of aryl methyl sites for hydroxylation is 1. The fourth-order valence-electron chi connectivity index (χ4n) is 5.73. The lowest BCUT2D eigenvalue weighted by molar-refractivity contribution is -0.172.